The standard InChI is InChI=1S/C19H14N2O3/c1-2-24-16-10-9-15(14-8-5-11-20-17(14)16)21-18(22)12-6-3-4-7-13(12)19(21)23/h3-11H,2H2,1H3. The normalized spacial score (nSPS) is 13.5. The van der Waals surface area contributed by atoms with Gasteiger partial charge in [-0.2, -0.15) is 0 Å². The summed E-state index contributed by atoms with van der Waals surface area (Å²) < 4.78 is 5.60. The van der Waals surface area contributed by atoms with Crippen molar-refractivity contribution in [3.8, 4) is 5.75 Å². The Bertz CT molecular complexity index is 946. The van der Waals surface area contributed by atoms with Crippen molar-refractivity contribution in [2.75, 3.05) is 11.5 Å². The summed E-state index contributed by atoms with van der Waals surface area (Å²) in [5.74, 6) is 0.00304. The number of hydrogen-bond donors (Lipinski definition) is 0. The highest BCUT2D eigenvalue weighted by atomic mass is 16.5. The van der Waals surface area contributed by atoms with E-state index in [4.69, 9.17) is 4.74 Å². The molecule has 0 spiro atoms. The third-order valence-corrected chi connectivity index (χ3v) is 4.04. The maximum atomic E-state index is 12.7. The molecule has 0 bridgehead atoms. The fraction of sp³-hybridized carbons (Fsp3) is 0.105. The van der Waals surface area contributed by atoms with Crippen LogP contribution in [-0.2, 0) is 0 Å². The SMILES string of the molecule is CCOc1ccc(N2C(=O)c3ccccc3C2=O)c2cccnc12. The Kier molecular flexibility index (Phi) is 3.27. The fourth-order valence-corrected chi connectivity index (χ4v) is 3.01. The molecule has 3 aromatic rings. The van der Waals surface area contributed by atoms with Crippen LogP contribution in [0.1, 0.15) is 27.6 Å². The molecule has 5 heteroatoms. The Morgan fingerprint density at radius 2 is 1.67 bits per heavy atom. The molecule has 0 fully saturated rings. The monoisotopic (exact) mass is 318 g/mol. The van der Waals surface area contributed by atoms with Crippen LogP contribution < -0.4 is 9.64 Å². The lowest BCUT2D eigenvalue weighted by atomic mass is 10.1. The van der Waals surface area contributed by atoms with Gasteiger partial charge in [-0.05, 0) is 43.3 Å². The third kappa shape index (κ3) is 1.98. The van der Waals surface area contributed by atoms with Gasteiger partial charge in [0.05, 0.1) is 23.4 Å². The first-order valence-electron chi connectivity index (χ1n) is 7.70. The highest BCUT2D eigenvalue weighted by molar-refractivity contribution is 6.36. The summed E-state index contributed by atoms with van der Waals surface area (Å²) in [7, 11) is 0. The average Bonchev–Trinajstić information content (AvgIpc) is 2.87. The Morgan fingerprint density at radius 1 is 0.958 bits per heavy atom. The largest absolute Gasteiger partial charge is 0.492 e. The van der Waals surface area contributed by atoms with Gasteiger partial charge in [0, 0.05) is 11.6 Å². The molecule has 0 atom stereocenters. The van der Waals surface area contributed by atoms with Crippen molar-refractivity contribution in [3.05, 3.63) is 65.9 Å². The smallest absolute Gasteiger partial charge is 0.266 e. The minimum Gasteiger partial charge on any atom is -0.492 e. The van der Waals surface area contributed by atoms with E-state index >= 15 is 0 Å². The molecule has 24 heavy (non-hydrogen) atoms. The van der Waals surface area contributed by atoms with E-state index in [2.05, 4.69) is 4.98 Å². The third-order valence-electron chi connectivity index (χ3n) is 4.04. The van der Waals surface area contributed by atoms with Crippen LogP contribution in [0.2, 0.25) is 0 Å². The number of rotatable bonds is 3. The van der Waals surface area contributed by atoms with Gasteiger partial charge in [0.2, 0.25) is 0 Å². The average molecular weight is 318 g/mol. The lowest BCUT2D eigenvalue weighted by Crippen LogP contribution is -2.29. The highest BCUT2D eigenvalue weighted by Gasteiger charge is 2.37. The Balaban J connectivity index is 1.91. The Labute approximate surface area is 138 Å². The summed E-state index contributed by atoms with van der Waals surface area (Å²) in [5.41, 5.74) is 2.00. The molecule has 118 valence electrons. The maximum Gasteiger partial charge on any atom is 0.266 e. The van der Waals surface area contributed by atoms with Crippen molar-refractivity contribution >= 4 is 28.4 Å². The summed E-state index contributed by atoms with van der Waals surface area (Å²) in [6, 6.07) is 13.9. The molecule has 1 aliphatic heterocycles. The first kappa shape index (κ1) is 14.4. The van der Waals surface area contributed by atoms with E-state index < -0.39 is 0 Å². The zero-order chi connectivity index (χ0) is 16.7. The number of amides is 2. The predicted molar refractivity (Wildman–Crippen MR) is 90.5 cm³/mol. The number of nitrogens with zero attached hydrogens (tertiary/aromatic N) is 2. The summed E-state index contributed by atoms with van der Waals surface area (Å²) in [5, 5.41) is 0.706. The van der Waals surface area contributed by atoms with E-state index in [0.29, 0.717) is 40.1 Å². The number of hydrogen-bond acceptors (Lipinski definition) is 4. The lowest BCUT2D eigenvalue weighted by Gasteiger charge is -2.17. The second kappa shape index (κ2) is 5.45. The number of benzene rings is 2. The van der Waals surface area contributed by atoms with Gasteiger partial charge in [0.15, 0.2) is 0 Å². The van der Waals surface area contributed by atoms with Crippen molar-refractivity contribution in [1.82, 2.24) is 4.98 Å². The second-order valence-corrected chi connectivity index (χ2v) is 5.41. The number of carbonyl (C=O) groups excluding carboxylic acids is 2. The number of pyridine rings is 1. The van der Waals surface area contributed by atoms with Gasteiger partial charge in [-0.1, -0.05) is 12.1 Å². The van der Waals surface area contributed by atoms with Gasteiger partial charge in [0.1, 0.15) is 11.3 Å². The van der Waals surface area contributed by atoms with Crippen LogP contribution in [0.3, 0.4) is 0 Å². The number of aromatic nitrogens is 1. The van der Waals surface area contributed by atoms with Gasteiger partial charge in [-0.25, -0.2) is 4.90 Å². The highest BCUT2D eigenvalue weighted by Crippen LogP contribution is 2.36. The molecule has 0 aliphatic carbocycles. The molecule has 0 radical (unpaired) electrons. The van der Waals surface area contributed by atoms with Crippen molar-refractivity contribution in [2.24, 2.45) is 0 Å². The molecule has 0 unspecified atom stereocenters. The quantitative estimate of drug-likeness (QED) is 0.694. The first-order chi connectivity index (χ1) is 11.7. The minimum absolute atomic E-state index is 0.315. The second-order valence-electron chi connectivity index (χ2n) is 5.41. The van der Waals surface area contributed by atoms with Crippen LogP contribution in [-0.4, -0.2) is 23.4 Å². The Morgan fingerprint density at radius 3 is 2.33 bits per heavy atom. The van der Waals surface area contributed by atoms with Crippen molar-refractivity contribution in [1.29, 1.82) is 0 Å². The number of fused-ring (bicyclic) bond motifs is 2. The van der Waals surface area contributed by atoms with E-state index in [-0.39, 0.29) is 11.8 Å². The Hall–Kier alpha value is -3.21. The molecule has 1 aromatic heterocycles. The van der Waals surface area contributed by atoms with Crippen LogP contribution >= 0.6 is 0 Å². The van der Waals surface area contributed by atoms with Crippen LogP contribution in [0.5, 0.6) is 5.75 Å². The molecule has 0 N–H and O–H groups in total. The molecule has 0 saturated heterocycles. The van der Waals surface area contributed by atoms with E-state index in [1.165, 1.54) is 4.90 Å². The summed E-state index contributed by atoms with van der Waals surface area (Å²) in [6.45, 7) is 2.41. The molecule has 4 rings (SSSR count). The van der Waals surface area contributed by atoms with Gasteiger partial charge in [-0.3, -0.25) is 14.6 Å². The number of anilines is 1. The van der Waals surface area contributed by atoms with Crippen LogP contribution in [0.4, 0.5) is 5.69 Å². The fourth-order valence-electron chi connectivity index (χ4n) is 3.01. The molecule has 2 aromatic carbocycles. The van der Waals surface area contributed by atoms with E-state index in [1.807, 2.05) is 13.0 Å². The number of carbonyl (C=O) groups is 2. The van der Waals surface area contributed by atoms with Crippen LogP contribution in [0, 0.1) is 0 Å². The molecule has 5 nitrogen and oxygen atoms in total. The van der Waals surface area contributed by atoms with Crippen molar-refractivity contribution in [2.45, 2.75) is 6.92 Å². The minimum atomic E-state index is -0.315. The lowest BCUT2D eigenvalue weighted by molar-refractivity contribution is 0.0926. The molecule has 0 saturated carbocycles. The zero-order valence-electron chi connectivity index (χ0n) is 13.0. The summed E-state index contributed by atoms with van der Waals surface area (Å²) in [6.07, 6.45) is 1.66. The van der Waals surface area contributed by atoms with Gasteiger partial charge in [-0.15, -0.1) is 0 Å². The van der Waals surface area contributed by atoms with E-state index in [0.717, 1.165) is 0 Å². The molecule has 2 heterocycles. The first-order valence-corrected chi connectivity index (χ1v) is 7.70. The van der Waals surface area contributed by atoms with Crippen molar-refractivity contribution in [3.63, 3.8) is 0 Å². The van der Waals surface area contributed by atoms with Crippen LogP contribution in [0.25, 0.3) is 10.9 Å². The summed E-state index contributed by atoms with van der Waals surface area (Å²) in [4.78, 5) is 31.0. The maximum absolute atomic E-state index is 12.7. The van der Waals surface area contributed by atoms with E-state index in [9.17, 15) is 9.59 Å². The molecular formula is C19H14N2O3. The van der Waals surface area contributed by atoms with Crippen LogP contribution in [0.15, 0.2) is 54.7 Å². The van der Waals surface area contributed by atoms with Crippen molar-refractivity contribution < 1.29 is 14.3 Å². The topological polar surface area (TPSA) is 59.5 Å². The zero-order valence-corrected chi connectivity index (χ0v) is 13.0. The van der Waals surface area contributed by atoms with Gasteiger partial charge in [0.25, 0.3) is 11.8 Å². The number of ether oxygens (including phenoxy) is 1. The van der Waals surface area contributed by atoms with E-state index in [1.54, 1.807) is 48.7 Å². The van der Waals surface area contributed by atoms with Gasteiger partial charge >= 0.3 is 0 Å². The van der Waals surface area contributed by atoms with Gasteiger partial charge < -0.3 is 4.74 Å². The molecule has 2 amide bonds. The summed E-state index contributed by atoms with van der Waals surface area (Å²) >= 11 is 0. The number of imide groups is 1. The molecular weight excluding hydrogens is 304 g/mol. The predicted octanol–water partition coefficient (Wildman–Crippen LogP) is 3.43. The molecule has 1 aliphatic rings.